The van der Waals surface area contributed by atoms with Gasteiger partial charge in [0.05, 0.1) is 21.0 Å². The van der Waals surface area contributed by atoms with Crippen LogP contribution in [0.2, 0.25) is 4.34 Å². The van der Waals surface area contributed by atoms with E-state index in [4.69, 9.17) is 11.6 Å². The SMILES string of the molecule is O=[N+]([O-])c1c(Cl)sc(Nc2cc(C(F)(F)F)cc(C(F)(F)F)c2)c1[N+](=O)[O-]. The Morgan fingerprint density at radius 2 is 1.33 bits per heavy atom. The second kappa shape index (κ2) is 6.84. The molecule has 7 nitrogen and oxygen atoms in total. The molecule has 1 aromatic heterocycles. The van der Waals surface area contributed by atoms with Gasteiger partial charge in [-0.25, -0.2) is 0 Å². The highest BCUT2D eigenvalue weighted by molar-refractivity contribution is 7.21. The first-order valence-electron chi connectivity index (χ1n) is 6.39. The lowest BCUT2D eigenvalue weighted by atomic mass is 10.1. The first-order chi connectivity index (χ1) is 12.2. The van der Waals surface area contributed by atoms with Crippen molar-refractivity contribution >= 4 is 45.0 Å². The molecule has 0 atom stereocenters. The van der Waals surface area contributed by atoms with E-state index in [0.717, 1.165) is 0 Å². The molecule has 0 saturated carbocycles. The van der Waals surface area contributed by atoms with Crippen LogP contribution < -0.4 is 5.32 Å². The fraction of sp³-hybridized carbons (Fsp3) is 0.167. The van der Waals surface area contributed by atoms with Gasteiger partial charge in [-0.2, -0.15) is 26.3 Å². The molecule has 0 aliphatic rings. The maximum atomic E-state index is 12.8. The predicted molar refractivity (Wildman–Crippen MR) is 82.4 cm³/mol. The number of nitro groups is 2. The molecule has 0 spiro atoms. The van der Waals surface area contributed by atoms with E-state index in [1.165, 1.54) is 0 Å². The van der Waals surface area contributed by atoms with Crippen LogP contribution in [0.5, 0.6) is 0 Å². The molecule has 27 heavy (non-hydrogen) atoms. The lowest BCUT2D eigenvalue weighted by Gasteiger charge is -2.14. The number of anilines is 2. The van der Waals surface area contributed by atoms with E-state index in [-0.39, 0.29) is 29.5 Å². The van der Waals surface area contributed by atoms with E-state index in [1.807, 2.05) is 5.32 Å². The number of halogens is 7. The van der Waals surface area contributed by atoms with E-state index >= 15 is 0 Å². The van der Waals surface area contributed by atoms with E-state index < -0.39 is 59.7 Å². The number of nitrogens with one attached hydrogen (secondary N) is 1. The maximum Gasteiger partial charge on any atom is 0.416 e. The van der Waals surface area contributed by atoms with Crippen LogP contribution in [-0.4, -0.2) is 9.85 Å². The molecule has 0 radical (unpaired) electrons. The molecule has 0 fully saturated rings. The Kier molecular flexibility index (Phi) is 5.25. The molecular formula is C12H4ClF6N3O4S. The van der Waals surface area contributed by atoms with Gasteiger partial charge in [0.25, 0.3) is 0 Å². The van der Waals surface area contributed by atoms with Crippen LogP contribution in [0.3, 0.4) is 0 Å². The first-order valence-corrected chi connectivity index (χ1v) is 7.59. The number of benzene rings is 1. The number of nitrogens with zero attached hydrogens (tertiary/aromatic N) is 2. The zero-order chi connectivity index (χ0) is 20.7. The van der Waals surface area contributed by atoms with Crippen molar-refractivity contribution in [3.8, 4) is 0 Å². The minimum absolute atomic E-state index is 0.135. The van der Waals surface area contributed by atoms with Gasteiger partial charge in [-0.05, 0) is 18.2 Å². The fourth-order valence-corrected chi connectivity index (χ4v) is 3.23. The summed E-state index contributed by atoms with van der Waals surface area (Å²) < 4.78 is 76.4. The molecule has 1 aromatic carbocycles. The van der Waals surface area contributed by atoms with Crippen LogP contribution in [0.4, 0.5) is 48.4 Å². The quantitative estimate of drug-likeness (QED) is 0.361. The zero-order valence-corrected chi connectivity index (χ0v) is 13.9. The summed E-state index contributed by atoms with van der Waals surface area (Å²) in [5, 5.41) is 23.2. The molecule has 0 aliphatic carbocycles. The van der Waals surface area contributed by atoms with Crippen LogP contribution in [0.15, 0.2) is 18.2 Å². The van der Waals surface area contributed by atoms with Crippen LogP contribution in [0.1, 0.15) is 11.1 Å². The van der Waals surface area contributed by atoms with E-state index in [9.17, 15) is 46.6 Å². The average molecular weight is 436 g/mol. The Balaban J connectivity index is 2.63. The van der Waals surface area contributed by atoms with Crippen molar-refractivity contribution in [1.29, 1.82) is 0 Å². The summed E-state index contributed by atoms with van der Waals surface area (Å²) in [5.74, 6) is 0. The highest BCUT2D eigenvalue weighted by Crippen LogP contribution is 2.49. The van der Waals surface area contributed by atoms with Gasteiger partial charge in [0.15, 0.2) is 9.34 Å². The van der Waals surface area contributed by atoms with Gasteiger partial charge in [0.1, 0.15) is 0 Å². The molecule has 0 saturated heterocycles. The van der Waals surface area contributed by atoms with Gasteiger partial charge in [-0.3, -0.25) is 20.2 Å². The molecule has 15 heteroatoms. The van der Waals surface area contributed by atoms with Crippen LogP contribution in [0, 0.1) is 20.2 Å². The number of hydrogen-bond acceptors (Lipinski definition) is 6. The Hall–Kier alpha value is -2.61. The Morgan fingerprint density at radius 1 is 0.889 bits per heavy atom. The molecular weight excluding hydrogens is 432 g/mol. The molecule has 1 heterocycles. The minimum Gasteiger partial charge on any atom is -0.341 e. The largest absolute Gasteiger partial charge is 0.416 e. The summed E-state index contributed by atoms with van der Waals surface area (Å²) in [6.07, 6.45) is -10.3. The number of hydrogen-bond donors (Lipinski definition) is 1. The van der Waals surface area contributed by atoms with Gasteiger partial charge < -0.3 is 5.32 Å². The van der Waals surface area contributed by atoms with Crippen molar-refractivity contribution in [3.05, 3.63) is 53.9 Å². The van der Waals surface area contributed by atoms with Crippen molar-refractivity contribution in [1.82, 2.24) is 0 Å². The van der Waals surface area contributed by atoms with Crippen LogP contribution in [0.25, 0.3) is 0 Å². The van der Waals surface area contributed by atoms with Crippen molar-refractivity contribution in [3.63, 3.8) is 0 Å². The van der Waals surface area contributed by atoms with Crippen LogP contribution >= 0.6 is 22.9 Å². The second-order valence-electron chi connectivity index (χ2n) is 4.84. The summed E-state index contributed by atoms with van der Waals surface area (Å²) >= 11 is 5.76. The van der Waals surface area contributed by atoms with E-state index in [2.05, 4.69) is 0 Å². The predicted octanol–water partition coefficient (Wildman–Crippen LogP) is 6.00. The summed E-state index contributed by atoms with van der Waals surface area (Å²) in [4.78, 5) is 19.5. The Labute approximate surface area is 153 Å². The third-order valence-electron chi connectivity index (χ3n) is 3.03. The number of rotatable bonds is 4. The van der Waals surface area contributed by atoms with Gasteiger partial charge in [-0.15, -0.1) is 0 Å². The topological polar surface area (TPSA) is 98.3 Å². The normalized spacial score (nSPS) is 12.1. The zero-order valence-electron chi connectivity index (χ0n) is 12.3. The molecule has 146 valence electrons. The van der Waals surface area contributed by atoms with E-state index in [1.54, 1.807) is 0 Å². The van der Waals surface area contributed by atoms with Gasteiger partial charge >= 0.3 is 23.7 Å². The number of thiophene rings is 1. The maximum absolute atomic E-state index is 12.8. The van der Waals surface area contributed by atoms with Gasteiger partial charge in [0, 0.05) is 5.69 Å². The van der Waals surface area contributed by atoms with Gasteiger partial charge in [0.2, 0.25) is 0 Å². The number of alkyl halides is 6. The highest BCUT2D eigenvalue weighted by Gasteiger charge is 2.39. The third kappa shape index (κ3) is 4.39. The standard InChI is InChI=1S/C12H4ClF6N3O4S/c13-9-7(21(23)24)8(22(25)26)10(27-9)20-6-2-4(11(14,15)16)1-5(3-6)12(17,18)19/h1-3,20H. The lowest BCUT2D eigenvalue weighted by molar-refractivity contribution is -0.421. The Bertz CT molecular complexity index is 895. The third-order valence-corrected chi connectivity index (χ3v) is 4.31. The van der Waals surface area contributed by atoms with Crippen molar-refractivity contribution < 1.29 is 36.2 Å². The van der Waals surface area contributed by atoms with Crippen molar-refractivity contribution in [2.24, 2.45) is 0 Å². The molecule has 0 unspecified atom stereocenters. The van der Waals surface area contributed by atoms with Crippen LogP contribution in [-0.2, 0) is 12.4 Å². The van der Waals surface area contributed by atoms with Crippen molar-refractivity contribution in [2.45, 2.75) is 12.4 Å². The average Bonchev–Trinajstić information content (AvgIpc) is 2.81. The molecule has 0 bridgehead atoms. The minimum atomic E-state index is -5.14. The summed E-state index contributed by atoms with van der Waals surface area (Å²) in [6, 6.07) is 0.417. The van der Waals surface area contributed by atoms with Crippen molar-refractivity contribution in [2.75, 3.05) is 5.32 Å². The first kappa shape index (κ1) is 20.7. The summed E-state index contributed by atoms with van der Waals surface area (Å²) in [5.41, 5.74) is -6.45. The molecule has 2 aromatic rings. The fourth-order valence-electron chi connectivity index (χ4n) is 1.96. The summed E-state index contributed by atoms with van der Waals surface area (Å²) in [6.45, 7) is 0. The van der Waals surface area contributed by atoms with E-state index in [0.29, 0.717) is 0 Å². The molecule has 1 N–H and O–H groups in total. The summed E-state index contributed by atoms with van der Waals surface area (Å²) in [7, 11) is 0. The second-order valence-corrected chi connectivity index (χ2v) is 6.46. The Morgan fingerprint density at radius 3 is 1.70 bits per heavy atom. The monoisotopic (exact) mass is 435 g/mol. The molecule has 0 amide bonds. The highest BCUT2D eigenvalue weighted by atomic mass is 35.5. The smallest absolute Gasteiger partial charge is 0.341 e. The van der Waals surface area contributed by atoms with Gasteiger partial charge in [-0.1, -0.05) is 22.9 Å². The molecule has 2 rings (SSSR count). The lowest BCUT2D eigenvalue weighted by Crippen LogP contribution is -2.11. The molecule has 0 aliphatic heterocycles.